The van der Waals surface area contributed by atoms with Gasteiger partial charge < -0.3 is 36.1 Å². The van der Waals surface area contributed by atoms with Gasteiger partial charge in [-0.25, -0.2) is 29.1 Å². The maximum absolute atomic E-state index is 13.9. The smallest absolute Gasteiger partial charge is 0.386 e. The molecule has 4 aromatic rings. The first kappa shape index (κ1) is 32.9. The van der Waals surface area contributed by atoms with Crippen molar-refractivity contribution < 1.29 is 37.1 Å². The minimum Gasteiger partial charge on any atom is -0.388 e. The first-order valence-electron chi connectivity index (χ1n) is 14.4. The van der Waals surface area contributed by atoms with Gasteiger partial charge in [0.25, 0.3) is 5.56 Å². The average molecular weight is 732 g/mol. The SMILES string of the molecule is NCCC1C2OP(=O)(S)OC[C@H]3C[C@@H](n4cnc5c(N)ncnc54)C(O)C3OP(=O)(S)OC[C@H]1O[C@H]2n1cnc2c(=O)[nH]c(N)nc21. The van der Waals surface area contributed by atoms with Crippen molar-refractivity contribution >= 4 is 72.2 Å². The third-order valence-corrected chi connectivity index (χ3v) is 11.8. The Hall–Kier alpha value is -2.62. The molecular weight excluding hydrogens is 700 g/mol. The van der Waals surface area contributed by atoms with Gasteiger partial charge in [-0.2, -0.15) is 4.98 Å². The number of aromatic amines is 1. The highest BCUT2D eigenvalue weighted by atomic mass is 32.7. The molecule has 3 aliphatic rings. The maximum Gasteiger partial charge on any atom is 0.386 e. The molecule has 47 heavy (non-hydrogen) atoms. The number of ether oxygens (including phenoxy) is 1. The number of nitrogens with one attached hydrogen (secondary N) is 1. The van der Waals surface area contributed by atoms with Crippen LogP contribution in [0, 0.1) is 11.8 Å². The number of anilines is 2. The third kappa shape index (κ3) is 6.10. The van der Waals surface area contributed by atoms with E-state index in [-0.39, 0.29) is 55.5 Å². The molecule has 1 saturated carbocycles. The Morgan fingerprint density at radius 2 is 1.68 bits per heavy atom. The molecule has 10 atom stereocenters. The number of fused-ring (bicyclic) bond motifs is 5. The number of aromatic nitrogens is 8. The number of aliphatic hydroxyl groups excluding tert-OH is 1. The molecule has 20 nitrogen and oxygen atoms in total. The van der Waals surface area contributed by atoms with Gasteiger partial charge in [-0.1, -0.05) is 24.5 Å². The van der Waals surface area contributed by atoms with Crippen LogP contribution in [0.25, 0.3) is 22.3 Å². The normalized spacial score (nSPS) is 36.6. The zero-order valence-electron chi connectivity index (χ0n) is 24.3. The molecule has 8 N–H and O–H groups in total. The van der Waals surface area contributed by atoms with Crippen molar-refractivity contribution in [3.63, 3.8) is 0 Å². The summed E-state index contributed by atoms with van der Waals surface area (Å²) in [6.07, 6.45) is -0.988. The van der Waals surface area contributed by atoms with Crippen molar-refractivity contribution in [2.75, 3.05) is 31.2 Å². The summed E-state index contributed by atoms with van der Waals surface area (Å²) in [5.74, 6) is -1.33. The zero-order chi connectivity index (χ0) is 33.2. The number of imidazole rings is 2. The number of thiol groups is 2. The van der Waals surface area contributed by atoms with Gasteiger partial charge in [0.15, 0.2) is 28.9 Å². The van der Waals surface area contributed by atoms with Crippen molar-refractivity contribution in [3.8, 4) is 0 Å². The Balaban J connectivity index is 1.23. The number of nitrogens with two attached hydrogens (primary N) is 3. The fourth-order valence-corrected chi connectivity index (χ4v) is 9.54. The van der Waals surface area contributed by atoms with E-state index in [1.54, 1.807) is 4.57 Å². The van der Waals surface area contributed by atoms with Gasteiger partial charge in [-0.3, -0.25) is 27.9 Å². The summed E-state index contributed by atoms with van der Waals surface area (Å²) in [7, 11) is 0. The summed E-state index contributed by atoms with van der Waals surface area (Å²) in [6, 6.07) is -0.704. The van der Waals surface area contributed by atoms with Crippen LogP contribution in [-0.4, -0.2) is 88.3 Å². The van der Waals surface area contributed by atoms with Crippen LogP contribution in [0.15, 0.2) is 23.8 Å². The second kappa shape index (κ2) is 12.4. The van der Waals surface area contributed by atoms with E-state index in [1.165, 1.54) is 23.5 Å². The number of H-pyrrole nitrogens is 1. The van der Waals surface area contributed by atoms with Crippen LogP contribution in [0.2, 0.25) is 0 Å². The molecular formula is C23H31N11O9P2S2. The minimum atomic E-state index is -4.20. The number of aliphatic hydroxyl groups is 1. The molecule has 0 aromatic carbocycles. The van der Waals surface area contributed by atoms with Crippen LogP contribution in [0.5, 0.6) is 0 Å². The summed E-state index contributed by atoms with van der Waals surface area (Å²) in [5.41, 5.74) is 17.8. The predicted octanol–water partition coefficient (Wildman–Crippen LogP) is 0.801. The van der Waals surface area contributed by atoms with E-state index >= 15 is 0 Å². The fraction of sp³-hybridized carbons (Fsp3) is 0.565. The van der Waals surface area contributed by atoms with Gasteiger partial charge in [0.1, 0.15) is 30.2 Å². The van der Waals surface area contributed by atoms with E-state index < -0.39 is 67.7 Å². The first-order chi connectivity index (χ1) is 22.4. The summed E-state index contributed by atoms with van der Waals surface area (Å²) >= 11 is 8.49. The van der Waals surface area contributed by atoms with Crippen LogP contribution >= 0.6 is 38.1 Å². The van der Waals surface area contributed by atoms with E-state index in [2.05, 4.69) is 54.4 Å². The first-order valence-corrected chi connectivity index (χ1v) is 19.8. The molecule has 6 unspecified atom stereocenters. The molecule has 2 aliphatic heterocycles. The molecule has 1 aliphatic carbocycles. The van der Waals surface area contributed by atoms with Crippen LogP contribution in [0.1, 0.15) is 25.1 Å². The van der Waals surface area contributed by atoms with E-state index in [0.29, 0.717) is 11.2 Å². The Morgan fingerprint density at radius 3 is 2.45 bits per heavy atom. The van der Waals surface area contributed by atoms with E-state index in [4.69, 9.17) is 40.0 Å². The molecule has 0 amide bonds. The number of hydrogen-bond donors (Lipinski definition) is 7. The van der Waals surface area contributed by atoms with Gasteiger partial charge in [-0.05, 0) is 19.4 Å². The van der Waals surface area contributed by atoms with Crippen LogP contribution in [0.3, 0.4) is 0 Å². The van der Waals surface area contributed by atoms with Crippen molar-refractivity contribution in [3.05, 3.63) is 29.3 Å². The molecule has 254 valence electrons. The van der Waals surface area contributed by atoms with Crippen molar-refractivity contribution in [1.29, 1.82) is 0 Å². The van der Waals surface area contributed by atoms with Gasteiger partial charge in [-0.15, -0.1) is 0 Å². The van der Waals surface area contributed by atoms with Crippen molar-refractivity contribution in [2.24, 2.45) is 17.6 Å². The lowest BCUT2D eigenvalue weighted by atomic mass is 9.94. The Bertz CT molecular complexity index is 1980. The molecule has 6 heterocycles. The molecule has 0 spiro atoms. The van der Waals surface area contributed by atoms with Gasteiger partial charge in [0.2, 0.25) is 5.95 Å². The number of hydrogen-bond acceptors (Lipinski definition) is 17. The van der Waals surface area contributed by atoms with Crippen molar-refractivity contribution in [1.82, 2.24) is 39.0 Å². The molecule has 3 fully saturated rings. The summed E-state index contributed by atoms with van der Waals surface area (Å²) in [6.45, 7) is -8.86. The second-order valence-corrected chi connectivity index (χ2v) is 17.1. The number of nitrogens with zero attached hydrogens (tertiary/aromatic N) is 7. The monoisotopic (exact) mass is 731 g/mol. The average Bonchev–Trinajstić information content (AvgIpc) is 3.76. The van der Waals surface area contributed by atoms with Crippen LogP contribution in [-0.2, 0) is 32.0 Å². The predicted molar refractivity (Wildman–Crippen MR) is 171 cm³/mol. The Morgan fingerprint density at radius 1 is 0.979 bits per heavy atom. The van der Waals surface area contributed by atoms with Crippen molar-refractivity contribution in [2.45, 2.75) is 49.5 Å². The molecule has 2 saturated heterocycles. The number of rotatable bonds is 4. The van der Waals surface area contributed by atoms with Crippen LogP contribution in [0.4, 0.5) is 11.8 Å². The number of nitrogen functional groups attached to an aromatic ring is 2. The summed E-state index contributed by atoms with van der Waals surface area (Å²) in [5, 5.41) is 11.5. The quantitative estimate of drug-likeness (QED) is 0.113. The minimum absolute atomic E-state index is 0.0233. The van der Waals surface area contributed by atoms with E-state index in [0.717, 1.165) is 0 Å². The summed E-state index contributed by atoms with van der Waals surface area (Å²) < 4.78 is 60.3. The molecule has 24 heteroatoms. The highest BCUT2D eigenvalue weighted by molar-refractivity contribution is 8.44. The third-order valence-electron chi connectivity index (χ3n) is 8.57. The lowest BCUT2D eigenvalue weighted by Gasteiger charge is -2.28. The summed E-state index contributed by atoms with van der Waals surface area (Å²) in [4.78, 5) is 35.6. The zero-order valence-corrected chi connectivity index (χ0v) is 27.8. The van der Waals surface area contributed by atoms with Gasteiger partial charge in [0, 0.05) is 11.8 Å². The van der Waals surface area contributed by atoms with Gasteiger partial charge in [0.05, 0.1) is 38.0 Å². The molecule has 0 radical (unpaired) electrons. The Labute approximate surface area is 275 Å². The van der Waals surface area contributed by atoms with E-state index in [9.17, 15) is 19.0 Å². The maximum atomic E-state index is 13.9. The highest BCUT2D eigenvalue weighted by Gasteiger charge is 2.52. The van der Waals surface area contributed by atoms with Crippen LogP contribution < -0.4 is 22.8 Å². The Kier molecular flexibility index (Phi) is 8.66. The molecule has 4 aromatic heterocycles. The highest BCUT2D eigenvalue weighted by Crippen LogP contribution is 2.61. The van der Waals surface area contributed by atoms with E-state index in [1.807, 2.05) is 0 Å². The largest absolute Gasteiger partial charge is 0.388 e. The van der Waals surface area contributed by atoms with Gasteiger partial charge >= 0.3 is 13.6 Å². The topological polar surface area (TPSA) is 286 Å². The lowest BCUT2D eigenvalue weighted by Crippen LogP contribution is -2.33. The molecule has 2 bridgehead atoms. The lowest BCUT2D eigenvalue weighted by molar-refractivity contribution is -0.0496. The standard InChI is InChI=1S/C23H31N11O9P2S2/c24-2-1-10-12-5-40-45(38,47)42-16-9(3-11(15(16)35)33-7-29-13-18(25)27-6-28-19(13)33)4-39-44(37,46)43-17(10)22(41-12)34-8-30-14-20(34)31-23(26)32-21(14)36/h6-12,15-17,22,35H,1-5,24H2,(H,37,46)(H,38,47)(H2,25,27,28)(H3,26,31,32,36)/t9-,10?,11-,12-,15?,16?,17?,22-,44?,45?/m1/s1. The second-order valence-electron chi connectivity index (χ2n) is 11.4. The fourth-order valence-electron chi connectivity index (χ4n) is 6.48. The molecule has 7 rings (SSSR count).